The van der Waals surface area contributed by atoms with Crippen molar-refractivity contribution in [1.29, 1.82) is 0 Å². The summed E-state index contributed by atoms with van der Waals surface area (Å²) < 4.78 is 0.944. The predicted molar refractivity (Wildman–Crippen MR) is 51.2 cm³/mol. The minimum absolute atomic E-state index is 0.253. The maximum Gasteiger partial charge on any atom is 0.138 e. The molecule has 10 heavy (non-hydrogen) atoms. The van der Waals surface area contributed by atoms with Gasteiger partial charge in [0.1, 0.15) is 5.75 Å². The molecular formula is C6H5BrINO. The summed E-state index contributed by atoms with van der Waals surface area (Å²) in [5.41, 5.74) is 0.681. The molecule has 54 valence electrons. The van der Waals surface area contributed by atoms with Crippen LogP contribution in [0.25, 0.3) is 0 Å². The fourth-order valence-electron chi connectivity index (χ4n) is 0.560. The molecule has 0 radical (unpaired) electrons. The van der Waals surface area contributed by atoms with E-state index in [4.69, 9.17) is 0 Å². The minimum Gasteiger partial charge on any atom is -0.506 e. The molecule has 1 rings (SSSR count). The Morgan fingerprint density at radius 2 is 2.40 bits per heavy atom. The highest BCUT2D eigenvalue weighted by Crippen LogP contribution is 2.18. The van der Waals surface area contributed by atoms with Gasteiger partial charge in [0, 0.05) is 15.1 Å². The van der Waals surface area contributed by atoms with E-state index < -0.39 is 0 Å². The second-order valence-electron chi connectivity index (χ2n) is 1.75. The molecule has 0 bridgehead atoms. The fraction of sp³-hybridized carbons (Fsp3) is 0.167. The van der Waals surface area contributed by atoms with Crippen molar-refractivity contribution in [1.82, 2.24) is 4.98 Å². The van der Waals surface area contributed by atoms with Gasteiger partial charge in [0.25, 0.3) is 0 Å². The molecular weight excluding hydrogens is 309 g/mol. The first-order valence-electron chi connectivity index (χ1n) is 2.63. The fourth-order valence-corrected chi connectivity index (χ4v) is 1.43. The van der Waals surface area contributed by atoms with Crippen LogP contribution in [0.3, 0.4) is 0 Å². The van der Waals surface area contributed by atoms with Crippen LogP contribution in [0.1, 0.15) is 5.69 Å². The molecule has 0 unspecified atom stereocenters. The molecule has 0 aliphatic heterocycles. The molecule has 1 heterocycles. The van der Waals surface area contributed by atoms with Crippen LogP contribution in [0.4, 0.5) is 0 Å². The van der Waals surface area contributed by atoms with Gasteiger partial charge in [-0.25, -0.2) is 0 Å². The third kappa shape index (κ3) is 1.82. The standard InChI is InChI=1S/C6H5BrINO/c7-2-5-6(10)1-4(8)3-9-5/h1,3,10H,2H2. The predicted octanol–water partition coefficient (Wildman–Crippen LogP) is 2.29. The Bertz CT molecular complexity index is 241. The number of hydrogen-bond donors (Lipinski definition) is 1. The quantitative estimate of drug-likeness (QED) is 0.637. The van der Waals surface area contributed by atoms with Gasteiger partial charge in [0.15, 0.2) is 0 Å². The number of halogens is 2. The number of alkyl halides is 1. The summed E-state index contributed by atoms with van der Waals surface area (Å²) in [5, 5.41) is 9.79. The average Bonchev–Trinajstić information content (AvgIpc) is 1.88. The zero-order valence-electron chi connectivity index (χ0n) is 5.01. The van der Waals surface area contributed by atoms with Crippen molar-refractivity contribution < 1.29 is 5.11 Å². The van der Waals surface area contributed by atoms with Crippen molar-refractivity contribution in [3.63, 3.8) is 0 Å². The van der Waals surface area contributed by atoms with Gasteiger partial charge in [-0.2, -0.15) is 0 Å². The second-order valence-corrected chi connectivity index (χ2v) is 3.56. The Balaban J connectivity index is 3.07. The summed E-state index contributed by atoms with van der Waals surface area (Å²) in [4.78, 5) is 3.99. The zero-order chi connectivity index (χ0) is 7.56. The summed E-state index contributed by atoms with van der Waals surface area (Å²) in [6.07, 6.45) is 1.72. The smallest absolute Gasteiger partial charge is 0.138 e. The molecule has 0 aliphatic carbocycles. The van der Waals surface area contributed by atoms with Crippen molar-refractivity contribution in [2.45, 2.75) is 5.33 Å². The van der Waals surface area contributed by atoms with Crippen molar-refractivity contribution in [3.05, 3.63) is 21.5 Å². The molecule has 0 aromatic carbocycles. The van der Waals surface area contributed by atoms with Crippen molar-refractivity contribution in [2.75, 3.05) is 0 Å². The minimum atomic E-state index is 0.253. The zero-order valence-corrected chi connectivity index (χ0v) is 8.76. The van der Waals surface area contributed by atoms with Gasteiger partial charge in [0.2, 0.25) is 0 Å². The summed E-state index contributed by atoms with van der Waals surface area (Å²) in [6, 6.07) is 1.68. The summed E-state index contributed by atoms with van der Waals surface area (Å²) in [5.74, 6) is 0.253. The molecule has 0 saturated carbocycles. The van der Waals surface area contributed by atoms with Gasteiger partial charge >= 0.3 is 0 Å². The Hall–Kier alpha value is 0.160. The molecule has 0 spiro atoms. The number of aromatic hydroxyl groups is 1. The van der Waals surface area contributed by atoms with Crippen LogP contribution in [0, 0.1) is 3.57 Å². The van der Waals surface area contributed by atoms with E-state index in [-0.39, 0.29) is 5.75 Å². The molecule has 0 amide bonds. The topological polar surface area (TPSA) is 33.1 Å². The molecule has 2 nitrogen and oxygen atoms in total. The van der Waals surface area contributed by atoms with E-state index in [2.05, 4.69) is 43.5 Å². The van der Waals surface area contributed by atoms with Crippen LogP contribution < -0.4 is 0 Å². The Morgan fingerprint density at radius 3 is 2.90 bits per heavy atom. The first kappa shape index (κ1) is 8.26. The van der Waals surface area contributed by atoms with E-state index in [9.17, 15) is 5.11 Å². The lowest BCUT2D eigenvalue weighted by molar-refractivity contribution is 0.466. The number of hydrogen-bond acceptors (Lipinski definition) is 2. The van der Waals surface area contributed by atoms with Gasteiger partial charge in [-0.05, 0) is 28.7 Å². The average molecular weight is 314 g/mol. The summed E-state index contributed by atoms with van der Waals surface area (Å²) in [7, 11) is 0. The van der Waals surface area contributed by atoms with E-state index in [1.807, 2.05) is 0 Å². The number of pyridine rings is 1. The molecule has 0 atom stereocenters. The van der Waals surface area contributed by atoms with Crippen LogP contribution >= 0.6 is 38.5 Å². The largest absolute Gasteiger partial charge is 0.506 e. The second kappa shape index (κ2) is 3.52. The lowest BCUT2D eigenvalue weighted by Gasteiger charge is -1.97. The lowest BCUT2D eigenvalue weighted by atomic mass is 10.3. The monoisotopic (exact) mass is 313 g/mol. The Labute approximate surface area is 80.9 Å². The highest BCUT2D eigenvalue weighted by atomic mass is 127. The van der Waals surface area contributed by atoms with Crippen molar-refractivity contribution in [2.24, 2.45) is 0 Å². The highest BCUT2D eigenvalue weighted by molar-refractivity contribution is 14.1. The normalized spacial score (nSPS) is 9.80. The third-order valence-electron chi connectivity index (χ3n) is 1.04. The molecule has 0 saturated heterocycles. The van der Waals surface area contributed by atoms with Gasteiger partial charge in [0.05, 0.1) is 5.69 Å². The Morgan fingerprint density at radius 1 is 1.70 bits per heavy atom. The molecule has 1 N–H and O–H groups in total. The third-order valence-corrected chi connectivity index (χ3v) is 2.16. The van der Waals surface area contributed by atoms with Crippen LogP contribution in [0.15, 0.2) is 12.3 Å². The maximum absolute atomic E-state index is 9.19. The van der Waals surface area contributed by atoms with Gasteiger partial charge < -0.3 is 5.11 Å². The highest BCUT2D eigenvalue weighted by Gasteiger charge is 1.99. The van der Waals surface area contributed by atoms with Gasteiger partial charge in [-0.1, -0.05) is 15.9 Å². The molecule has 0 fully saturated rings. The first-order valence-corrected chi connectivity index (χ1v) is 4.83. The van der Waals surface area contributed by atoms with E-state index >= 15 is 0 Å². The summed E-state index contributed by atoms with van der Waals surface area (Å²) in [6.45, 7) is 0. The van der Waals surface area contributed by atoms with E-state index in [0.29, 0.717) is 11.0 Å². The SMILES string of the molecule is Oc1cc(I)cnc1CBr. The Kier molecular flexibility index (Phi) is 2.91. The first-order chi connectivity index (χ1) is 4.74. The van der Waals surface area contributed by atoms with Crippen LogP contribution in [-0.2, 0) is 5.33 Å². The molecule has 0 aliphatic rings. The number of aromatic nitrogens is 1. The number of nitrogens with zero attached hydrogens (tertiary/aromatic N) is 1. The van der Waals surface area contributed by atoms with Crippen molar-refractivity contribution >= 4 is 38.5 Å². The van der Waals surface area contributed by atoms with Gasteiger partial charge in [-0.3, -0.25) is 4.98 Å². The lowest BCUT2D eigenvalue weighted by Crippen LogP contribution is -1.85. The van der Waals surface area contributed by atoms with Crippen LogP contribution in [0.5, 0.6) is 5.75 Å². The molecule has 1 aromatic heterocycles. The summed E-state index contributed by atoms with van der Waals surface area (Å²) >= 11 is 5.31. The molecule has 4 heteroatoms. The van der Waals surface area contributed by atoms with Crippen LogP contribution in [0.2, 0.25) is 0 Å². The van der Waals surface area contributed by atoms with E-state index in [1.54, 1.807) is 12.3 Å². The van der Waals surface area contributed by atoms with E-state index in [0.717, 1.165) is 3.57 Å². The number of rotatable bonds is 1. The maximum atomic E-state index is 9.19. The van der Waals surface area contributed by atoms with E-state index in [1.165, 1.54) is 0 Å². The van der Waals surface area contributed by atoms with Crippen LogP contribution in [-0.4, -0.2) is 10.1 Å². The van der Waals surface area contributed by atoms with Crippen molar-refractivity contribution in [3.8, 4) is 5.75 Å². The van der Waals surface area contributed by atoms with Gasteiger partial charge in [-0.15, -0.1) is 0 Å². The molecule has 1 aromatic rings.